The average Bonchev–Trinajstić information content (AvgIpc) is 2.97. The van der Waals surface area contributed by atoms with Gasteiger partial charge in [-0.2, -0.15) is 0 Å². The molecular formula is C14H20ClNO2. The van der Waals surface area contributed by atoms with Crippen molar-refractivity contribution < 1.29 is 9.47 Å². The van der Waals surface area contributed by atoms with Crippen LogP contribution in [0.4, 0.5) is 0 Å². The smallest absolute Gasteiger partial charge is 0.146 e. The number of benzene rings is 1. The van der Waals surface area contributed by atoms with E-state index < -0.39 is 0 Å². The topological polar surface area (TPSA) is 44.5 Å². The first kappa shape index (κ1) is 13.5. The second-order valence-electron chi connectivity index (χ2n) is 5.53. The van der Waals surface area contributed by atoms with Crippen LogP contribution in [0.5, 0.6) is 11.5 Å². The summed E-state index contributed by atoms with van der Waals surface area (Å²) >= 11 is 6.25. The molecule has 2 atom stereocenters. The summed E-state index contributed by atoms with van der Waals surface area (Å²) < 4.78 is 10.6. The normalized spacial score (nSPS) is 22.4. The molecule has 4 heteroatoms. The van der Waals surface area contributed by atoms with Crippen molar-refractivity contribution in [1.29, 1.82) is 0 Å². The van der Waals surface area contributed by atoms with Gasteiger partial charge in [0.2, 0.25) is 0 Å². The maximum atomic E-state index is 6.33. The van der Waals surface area contributed by atoms with Gasteiger partial charge in [0.1, 0.15) is 16.5 Å². The summed E-state index contributed by atoms with van der Waals surface area (Å²) in [6.45, 7) is 4.46. The summed E-state index contributed by atoms with van der Waals surface area (Å²) in [5, 5.41) is 0.492. The Morgan fingerprint density at radius 2 is 1.94 bits per heavy atom. The highest BCUT2D eigenvalue weighted by Gasteiger charge is 2.50. The largest absolute Gasteiger partial charge is 0.495 e. The third-order valence-electron chi connectivity index (χ3n) is 3.90. The van der Waals surface area contributed by atoms with Crippen molar-refractivity contribution in [1.82, 2.24) is 0 Å². The Morgan fingerprint density at radius 1 is 1.33 bits per heavy atom. The Labute approximate surface area is 113 Å². The highest BCUT2D eigenvalue weighted by molar-refractivity contribution is 6.33. The summed E-state index contributed by atoms with van der Waals surface area (Å²) in [7, 11) is 3.19. The van der Waals surface area contributed by atoms with Gasteiger partial charge in [0.15, 0.2) is 0 Å². The summed E-state index contributed by atoms with van der Waals surface area (Å²) in [6.07, 6.45) is 1.14. The number of ether oxygens (including phenoxy) is 2. The zero-order chi connectivity index (χ0) is 13.5. The molecule has 0 heterocycles. The Morgan fingerprint density at radius 3 is 2.39 bits per heavy atom. The zero-order valence-electron chi connectivity index (χ0n) is 11.3. The lowest BCUT2D eigenvalue weighted by molar-refractivity contribution is 0.383. The minimum atomic E-state index is -0.0432. The molecular weight excluding hydrogens is 250 g/mol. The van der Waals surface area contributed by atoms with Gasteiger partial charge in [-0.15, -0.1) is 0 Å². The van der Waals surface area contributed by atoms with E-state index in [1.807, 2.05) is 12.1 Å². The molecule has 0 aliphatic heterocycles. The van der Waals surface area contributed by atoms with Crippen LogP contribution in [-0.4, -0.2) is 14.2 Å². The Kier molecular flexibility index (Phi) is 3.47. The van der Waals surface area contributed by atoms with E-state index in [0.29, 0.717) is 27.9 Å². The summed E-state index contributed by atoms with van der Waals surface area (Å²) in [6, 6.07) is 3.75. The van der Waals surface area contributed by atoms with Crippen molar-refractivity contribution in [3.63, 3.8) is 0 Å². The molecule has 0 amide bonds. The maximum Gasteiger partial charge on any atom is 0.146 e. The third kappa shape index (κ3) is 2.17. The van der Waals surface area contributed by atoms with E-state index in [4.69, 9.17) is 26.8 Å². The first-order valence-corrected chi connectivity index (χ1v) is 6.46. The molecule has 0 bridgehead atoms. The highest BCUT2D eigenvalue weighted by atomic mass is 35.5. The molecule has 1 aliphatic rings. The number of nitrogens with two attached hydrogens (primary N) is 1. The lowest BCUT2D eigenvalue weighted by Crippen LogP contribution is -2.16. The fourth-order valence-corrected chi connectivity index (χ4v) is 2.84. The molecule has 1 aromatic rings. The molecule has 2 unspecified atom stereocenters. The molecule has 2 rings (SSSR count). The van der Waals surface area contributed by atoms with Gasteiger partial charge in [0.25, 0.3) is 0 Å². The fourth-order valence-electron chi connectivity index (χ4n) is 2.52. The van der Waals surface area contributed by atoms with Crippen molar-refractivity contribution in [3.8, 4) is 11.5 Å². The van der Waals surface area contributed by atoms with Crippen LogP contribution in [0, 0.1) is 11.3 Å². The number of hydrogen-bond donors (Lipinski definition) is 1. The van der Waals surface area contributed by atoms with Gasteiger partial charge in [0.05, 0.1) is 14.2 Å². The van der Waals surface area contributed by atoms with Crippen LogP contribution in [0.2, 0.25) is 5.02 Å². The Hall–Kier alpha value is -0.930. The summed E-state index contributed by atoms with van der Waals surface area (Å²) in [5.74, 6) is 1.72. The molecule has 0 saturated heterocycles. The van der Waals surface area contributed by atoms with Gasteiger partial charge < -0.3 is 15.2 Å². The summed E-state index contributed by atoms with van der Waals surface area (Å²) in [4.78, 5) is 0. The van der Waals surface area contributed by atoms with E-state index in [0.717, 1.165) is 12.0 Å². The van der Waals surface area contributed by atoms with Gasteiger partial charge in [0, 0.05) is 11.6 Å². The standard InChI is InChI=1S/C14H20ClNO2/c1-14(2)7-9(14)12(16)8-5-6-10(17-3)11(15)13(8)18-4/h5-6,9,12H,7,16H2,1-4H3. The highest BCUT2D eigenvalue weighted by Crippen LogP contribution is 2.58. The maximum absolute atomic E-state index is 6.33. The Bertz CT molecular complexity index is 459. The van der Waals surface area contributed by atoms with E-state index in [1.54, 1.807) is 14.2 Å². The van der Waals surface area contributed by atoms with Gasteiger partial charge in [-0.25, -0.2) is 0 Å². The second-order valence-corrected chi connectivity index (χ2v) is 5.91. The lowest BCUT2D eigenvalue weighted by atomic mass is 9.97. The van der Waals surface area contributed by atoms with E-state index in [9.17, 15) is 0 Å². The number of halogens is 1. The molecule has 0 spiro atoms. The third-order valence-corrected chi connectivity index (χ3v) is 4.26. The number of methoxy groups -OCH3 is 2. The van der Waals surface area contributed by atoms with Crippen molar-refractivity contribution in [2.45, 2.75) is 26.3 Å². The quantitative estimate of drug-likeness (QED) is 0.911. The lowest BCUT2D eigenvalue weighted by Gasteiger charge is -2.19. The van der Waals surface area contributed by atoms with Crippen molar-refractivity contribution in [2.75, 3.05) is 14.2 Å². The first-order chi connectivity index (χ1) is 8.42. The molecule has 18 heavy (non-hydrogen) atoms. The van der Waals surface area contributed by atoms with Crippen LogP contribution in [-0.2, 0) is 0 Å². The molecule has 0 aromatic heterocycles. The van der Waals surface area contributed by atoms with Crippen molar-refractivity contribution in [2.24, 2.45) is 17.1 Å². The molecule has 100 valence electrons. The van der Waals surface area contributed by atoms with Gasteiger partial charge >= 0.3 is 0 Å². The number of hydrogen-bond acceptors (Lipinski definition) is 3. The molecule has 1 aromatic carbocycles. The Balaban J connectivity index is 2.36. The van der Waals surface area contributed by atoms with Crippen LogP contribution in [0.15, 0.2) is 12.1 Å². The monoisotopic (exact) mass is 269 g/mol. The summed E-state index contributed by atoms with van der Waals surface area (Å²) in [5.41, 5.74) is 7.61. The van der Waals surface area contributed by atoms with Crippen LogP contribution >= 0.6 is 11.6 Å². The van der Waals surface area contributed by atoms with Crippen molar-refractivity contribution in [3.05, 3.63) is 22.7 Å². The zero-order valence-corrected chi connectivity index (χ0v) is 12.0. The van der Waals surface area contributed by atoms with Crippen LogP contribution in [0.25, 0.3) is 0 Å². The minimum absolute atomic E-state index is 0.0432. The van der Waals surface area contributed by atoms with Gasteiger partial charge in [-0.1, -0.05) is 25.4 Å². The van der Waals surface area contributed by atoms with Gasteiger partial charge in [-0.05, 0) is 29.9 Å². The van der Waals surface area contributed by atoms with Gasteiger partial charge in [-0.3, -0.25) is 0 Å². The molecule has 0 radical (unpaired) electrons. The molecule has 1 fully saturated rings. The average molecular weight is 270 g/mol. The van der Waals surface area contributed by atoms with E-state index in [-0.39, 0.29) is 6.04 Å². The minimum Gasteiger partial charge on any atom is -0.495 e. The van der Waals surface area contributed by atoms with Crippen LogP contribution < -0.4 is 15.2 Å². The van der Waals surface area contributed by atoms with Crippen LogP contribution in [0.1, 0.15) is 31.9 Å². The molecule has 2 N–H and O–H groups in total. The molecule has 3 nitrogen and oxygen atoms in total. The first-order valence-electron chi connectivity index (χ1n) is 6.08. The van der Waals surface area contributed by atoms with E-state index in [1.165, 1.54) is 0 Å². The second kappa shape index (κ2) is 4.63. The number of rotatable bonds is 4. The fraction of sp³-hybridized carbons (Fsp3) is 0.571. The molecule has 1 saturated carbocycles. The van der Waals surface area contributed by atoms with Crippen LogP contribution in [0.3, 0.4) is 0 Å². The van der Waals surface area contributed by atoms with E-state index >= 15 is 0 Å². The van der Waals surface area contributed by atoms with E-state index in [2.05, 4.69) is 13.8 Å². The predicted octanol–water partition coefficient (Wildman–Crippen LogP) is 3.40. The molecule has 1 aliphatic carbocycles. The predicted molar refractivity (Wildman–Crippen MR) is 73.4 cm³/mol. The SMILES string of the molecule is COc1ccc(C(N)C2CC2(C)C)c(OC)c1Cl. The van der Waals surface area contributed by atoms with Crippen molar-refractivity contribution >= 4 is 11.6 Å².